The molecule has 96 valence electrons. The summed E-state index contributed by atoms with van der Waals surface area (Å²) in [4.78, 5) is 13.6. The number of nitrogens with zero attached hydrogens (tertiary/aromatic N) is 3. The predicted molar refractivity (Wildman–Crippen MR) is 75.4 cm³/mol. The zero-order valence-electron chi connectivity index (χ0n) is 11.2. The highest BCUT2D eigenvalue weighted by molar-refractivity contribution is 7.09. The molecule has 2 rings (SSSR count). The maximum atomic E-state index is 4.57. The van der Waals surface area contributed by atoms with Crippen LogP contribution in [0.4, 0.5) is 5.82 Å². The minimum absolute atomic E-state index is 0.706. The number of aromatic nitrogens is 3. The van der Waals surface area contributed by atoms with Gasteiger partial charge in [-0.05, 0) is 20.3 Å². The standard InChI is InChI=1S/C13H18N4S/c1-5-10-9(3)16-11(17-13(10)14-4)6-12-15-8(2)7-18-12/h7H,5-6H2,1-4H3,(H,14,16,17). The molecule has 0 unspecified atom stereocenters. The highest BCUT2D eigenvalue weighted by atomic mass is 32.1. The van der Waals surface area contributed by atoms with Crippen LogP contribution in [0.5, 0.6) is 0 Å². The van der Waals surface area contributed by atoms with Gasteiger partial charge in [-0.1, -0.05) is 6.92 Å². The summed E-state index contributed by atoms with van der Waals surface area (Å²) in [5.41, 5.74) is 3.31. The largest absolute Gasteiger partial charge is 0.373 e. The van der Waals surface area contributed by atoms with E-state index in [2.05, 4.69) is 32.6 Å². The van der Waals surface area contributed by atoms with E-state index in [-0.39, 0.29) is 0 Å². The molecule has 1 N–H and O–H groups in total. The molecule has 0 fully saturated rings. The first kappa shape index (κ1) is 13.0. The topological polar surface area (TPSA) is 50.7 Å². The van der Waals surface area contributed by atoms with Gasteiger partial charge in [0.25, 0.3) is 0 Å². The summed E-state index contributed by atoms with van der Waals surface area (Å²) < 4.78 is 0. The van der Waals surface area contributed by atoms with Gasteiger partial charge in [0.15, 0.2) is 0 Å². The second kappa shape index (κ2) is 5.44. The van der Waals surface area contributed by atoms with Crippen LogP contribution in [0.2, 0.25) is 0 Å². The van der Waals surface area contributed by atoms with Gasteiger partial charge < -0.3 is 5.32 Å². The van der Waals surface area contributed by atoms with E-state index >= 15 is 0 Å². The highest BCUT2D eigenvalue weighted by Gasteiger charge is 2.10. The lowest BCUT2D eigenvalue weighted by Gasteiger charge is -2.10. The van der Waals surface area contributed by atoms with E-state index < -0.39 is 0 Å². The monoisotopic (exact) mass is 262 g/mol. The molecule has 18 heavy (non-hydrogen) atoms. The zero-order chi connectivity index (χ0) is 13.1. The van der Waals surface area contributed by atoms with Gasteiger partial charge in [0.05, 0.1) is 6.42 Å². The molecule has 2 aromatic heterocycles. The fourth-order valence-corrected chi connectivity index (χ4v) is 2.75. The molecule has 5 heteroatoms. The van der Waals surface area contributed by atoms with Crippen molar-refractivity contribution in [2.45, 2.75) is 33.6 Å². The Kier molecular flexibility index (Phi) is 3.91. The third kappa shape index (κ3) is 2.67. The molecule has 0 saturated heterocycles. The van der Waals surface area contributed by atoms with E-state index in [0.29, 0.717) is 6.42 Å². The average molecular weight is 262 g/mol. The summed E-state index contributed by atoms with van der Waals surface area (Å²) in [6, 6.07) is 0. The first-order valence-corrected chi connectivity index (χ1v) is 6.97. The normalized spacial score (nSPS) is 10.7. The molecule has 0 spiro atoms. The first-order valence-electron chi connectivity index (χ1n) is 6.09. The van der Waals surface area contributed by atoms with Crippen molar-refractivity contribution in [2.75, 3.05) is 12.4 Å². The van der Waals surface area contributed by atoms with E-state index in [1.54, 1.807) is 11.3 Å². The summed E-state index contributed by atoms with van der Waals surface area (Å²) in [6.07, 6.45) is 1.65. The van der Waals surface area contributed by atoms with Crippen molar-refractivity contribution in [2.24, 2.45) is 0 Å². The second-order valence-electron chi connectivity index (χ2n) is 4.22. The van der Waals surface area contributed by atoms with E-state index in [0.717, 1.165) is 34.5 Å². The van der Waals surface area contributed by atoms with E-state index in [4.69, 9.17) is 0 Å². The predicted octanol–water partition coefficient (Wildman–Crippen LogP) is 2.74. The van der Waals surface area contributed by atoms with Gasteiger partial charge in [-0.15, -0.1) is 11.3 Å². The van der Waals surface area contributed by atoms with Crippen molar-refractivity contribution in [3.05, 3.63) is 33.2 Å². The van der Waals surface area contributed by atoms with Gasteiger partial charge in [-0.25, -0.2) is 15.0 Å². The molecule has 0 bridgehead atoms. The van der Waals surface area contributed by atoms with Gasteiger partial charge in [0.2, 0.25) is 0 Å². The number of rotatable bonds is 4. The Morgan fingerprint density at radius 2 is 2.00 bits per heavy atom. The summed E-state index contributed by atoms with van der Waals surface area (Å²) in [5.74, 6) is 1.77. The molecule has 0 saturated carbocycles. The van der Waals surface area contributed by atoms with Crippen molar-refractivity contribution in [1.29, 1.82) is 0 Å². The van der Waals surface area contributed by atoms with Gasteiger partial charge in [0.1, 0.15) is 16.6 Å². The van der Waals surface area contributed by atoms with E-state index in [1.165, 1.54) is 5.56 Å². The highest BCUT2D eigenvalue weighted by Crippen LogP contribution is 2.19. The number of nitrogens with one attached hydrogen (secondary N) is 1. The maximum absolute atomic E-state index is 4.57. The van der Waals surface area contributed by atoms with Crippen LogP contribution in [-0.4, -0.2) is 22.0 Å². The minimum Gasteiger partial charge on any atom is -0.373 e. The molecule has 0 aliphatic heterocycles. The molecule has 0 amide bonds. The summed E-state index contributed by atoms with van der Waals surface area (Å²) in [7, 11) is 1.90. The fourth-order valence-electron chi connectivity index (χ4n) is 1.98. The molecule has 0 radical (unpaired) electrons. The molecular formula is C13H18N4S. The Labute approximate surface area is 112 Å². The van der Waals surface area contributed by atoms with Crippen molar-refractivity contribution >= 4 is 17.2 Å². The fraction of sp³-hybridized carbons (Fsp3) is 0.462. The lowest BCUT2D eigenvalue weighted by atomic mass is 10.1. The van der Waals surface area contributed by atoms with Crippen molar-refractivity contribution in [1.82, 2.24) is 15.0 Å². The number of aryl methyl sites for hydroxylation is 2. The van der Waals surface area contributed by atoms with Crippen molar-refractivity contribution in [3.8, 4) is 0 Å². The zero-order valence-corrected chi connectivity index (χ0v) is 12.1. The summed E-state index contributed by atoms with van der Waals surface area (Å²) in [6.45, 7) is 6.17. The molecule has 4 nitrogen and oxygen atoms in total. The Bertz CT molecular complexity index is 548. The third-order valence-corrected chi connectivity index (χ3v) is 3.79. The molecule has 0 aliphatic rings. The van der Waals surface area contributed by atoms with Crippen molar-refractivity contribution < 1.29 is 0 Å². The van der Waals surface area contributed by atoms with Gasteiger partial charge in [-0.3, -0.25) is 0 Å². The smallest absolute Gasteiger partial charge is 0.137 e. The van der Waals surface area contributed by atoms with Crippen LogP contribution < -0.4 is 5.32 Å². The Balaban J connectivity index is 2.31. The van der Waals surface area contributed by atoms with Gasteiger partial charge >= 0.3 is 0 Å². The molecular weight excluding hydrogens is 244 g/mol. The van der Waals surface area contributed by atoms with E-state index in [9.17, 15) is 0 Å². The Morgan fingerprint density at radius 3 is 2.56 bits per heavy atom. The first-order chi connectivity index (χ1) is 8.63. The van der Waals surface area contributed by atoms with Crippen LogP contribution in [0, 0.1) is 13.8 Å². The summed E-state index contributed by atoms with van der Waals surface area (Å²) >= 11 is 1.66. The SMILES string of the molecule is CCc1c(C)nc(Cc2nc(C)cs2)nc1NC. The average Bonchev–Trinajstić information content (AvgIpc) is 2.74. The van der Waals surface area contributed by atoms with Crippen LogP contribution in [-0.2, 0) is 12.8 Å². The van der Waals surface area contributed by atoms with Gasteiger partial charge in [0, 0.05) is 29.4 Å². The number of hydrogen-bond acceptors (Lipinski definition) is 5. The van der Waals surface area contributed by atoms with Crippen LogP contribution in [0.25, 0.3) is 0 Å². The second-order valence-corrected chi connectivity index (χ2v) is 5.16. The number of hydrogen-bond donors (Lipinski definition) is 1. The maximum Gasteiger partial charge on any atom is 0.137 e. The van der Waals surface area contributed by atoms with E-state index in [1.807, 2.05) is 20.9 Å². The molecule has 0 atom stereocenters. The molecule has 2 aromatic rings. The van der Waals surface area contributed by atoms with Crippen LogP contribution in [0.3, 0.4) is 0 Å². The van der Waals surface area contributed by atoms with Crippen LogP contribution in [0.15, 0.2) is 5.38 Å². The van der Waals surface area contributed by atoms with Crippen LogP contribution >= 0.6 is 11.3 Å². The quantitative estimate of drug-likeness (QED) is 0.920. The lowest BCUT2D eigenvalue weighted by Crippen LogP contribution is -2.07. The number of thiazole rings is 1. The lowest BCUT2D eigenvalue weighted by molar-refractivity contribution is 0.900. The molecule has 0 aromatic carbocycles. The molecule has 0 aliphatic carbocycles. The third-order valence-electron chi connectivity index (χ3n) is 2.83. The minimum atomic E-state index is 0.706. The van der Waals surface area contributed by atoms with Crippen molar-refractivity contribution in [3.63, 3.8) is 0 Å². The van der Waals surface area contributed by atoms with Gasteiger partial charge in [-0.2, -0.15) is 0 Å². The summed E-state index contributed by atoms with van der Waals surface area (Å²) in [5, 5.41) is 6.28. The van der Waals surface area contributed by atoms with Crippen LogP contribution in [0.1, 0.15) is 34.7 Å². The molecule has 2 heterocycles. The Morgan fingerprint density at radius 1 is 1.22 bits per heavy atom. The number of anilines is 1. The Hall–Kier alpha value is -1.49.